The van der Waals surface area contributed by atoms with Gasteiger partial charge < -0.3 is 9.84 Å². The molecule has 0 radical (unpaired) electrons. The first-order valence-electron chi connectivity index (χ1n) is 9.98. The summed E-state index contributed by atoms with van der Waals surface area (Å²) >= 11 is 0. The minimum atomic E-state index is -5.08. The second-order valence-electron chi connectivity index (χ2n) is 8.01. The Hall–Kier alpha value is -1.69. The van der Waals surface area contributed by atoms with Crippen LogP contribution in [0.25, 0.3) is 0 Å². The minimum absolute atomic E-state index is 0.0181. The molecule has 2 aliphatic rings. The van der Waals surface area contributed by atoms with Gasteiger partial charge in [-0.15, -0.1) is 0 Å². The highest BCUT2D eigenvalue weighted by Gasteiger charge is 2.53. The van der Waals surface area contributed by atoms with E-state index in [1.54, 1.807) is 16.4 Å². The van der Waals surface area contributed by atoms with E-state index in [4.69, 9.17) is 14.6 Å². The minimum Gasteiger partial charge on any atom is -0.475 e. The van der Waals surface area contributed by atoms with Gasteiger partial charge >= 0.3 is 12.1 Å². The van der Waals surface area contributed by atoms with Crippen molar-refractivity contribution in [2.75, 3.05) is 39.9 Å². The van der Waals surface area contributed by atoms with Crippen molar-refractivity contribution in [1.82, 2.24) is 9.21 Å². The predicted octanol–water partition coefficient (Wildman–Crippen LogP) is 2.75. The maximum absolute atomic E-state index is 12.9. The lowest BCUT2D eigenvalue weighted by Crippen LogP contribution is -2.72. The fraction of sp³-hybridized carbons (Fsp3) is 0.650. The second kappa shape index (κ2) is 9.85. The zero-order valence-electron chi connectivity index (χ0n) is 17.9. The van der Waals surface area contributed by atoms with Gasteiger partial charge in [0.15, 0.2) is 0 Å². The zero-order valence-corrected chi connectivity index (χ0v) is 18.7. The molecule has 31 heavy (non-hydrogen) atoms. The number of aryl methyl sites for hydroxylation is 1. The molecule has 0 bridgehead atoms. The molecule has 2 fully saturated rings. The number of likely N-dealkylation sites (N-methyl/N-ethyl adjacent to an activating group) is 1. The summed E-state index contributed by atoms with van der Waals surface area (Å²) in [6.45, 7) is 7.59. The Morgan fingerprint density at radius 3 is 2.39 bits per heavy atom. The summed E-state index contributed by atoms with van der Waals surface area (Å²) in [5.41, 5.74) is 0.792. The van der Waals surface area contributed by atoms with Gasteiger partial charge in [-0.1, -0.05) is 18.2 Å². The van der Waals surface area contributed by atoms with Crippen molar-refractivity contribution >= 4 is 16.0 Å². The van der Waals surface area contributed by atoms with Gasteiger partial charge in [-0.25, -0.2) is 13.2 Å². The summed E-state index contributed by atoms with van der Waals surface area (Å²) in [4.78, 5) is 11.7. The van der Waals surface area contributed by atoms with E-state index in [9.17, 15) is 21.6 Å². The fourth-order valence-corrected chi connectivity index (χ4v) is 5.80. The summed E-state index contributed by atoms with van der Waals surface area (Å²) in [5, 5.41) is 7.12. The zero-order chi connectivity index (χ0) is 23.4. The number of sulfonamides is 1. The molecule has 176 valence electrons. The molecule has 2 heterocycles. The first kappa shape index (κ1) is 25.6. The molecule has 0 saturated carbocycles. The molecule has 1 aromatic carbocycles. The molecule has 1 atom stereocenters. The van der Waals surface area contributed by atoms with Crippen LogP contribution in [0.5, 0.6) is 0 Å². The highest BCUT2D eigenvalue weighted by atomic mass is 32.2. The average Bonchev–Trinajstić information content (AvgIpc) is 2.65. The molecule has 1 aromatic rings. The number of carboxylic acids is 1. The molecular weight excluding hydrogens is 437 g/mol. The second-order valence-corrected chi connectivity index (χ2v) is 9.91. The number of rotatable bonds is 5. The van der Waals surface area contributed by atoms with Crippen molar-refractivity contribution in [3.63, 3.8) is 0 Å². The van der Waals surface area contributed by atoms with E-state index in [-0.39, 0.29) is 5.54 Å². The number of piperidine rings is 1. The molecule has 0 aliphatic carbocycles. The van der Waals surface area contributed by atoms with Gasteiger partial charge in [-0.05, 0) is 57.8 Å². The Morgan fingerprint density at radius 2 is 1.87 bits per heavy atom. The number of aliphatic carboxylic acids is 1. The number of nitrogens with zero attached hydrogens (tertiary/aromatic N) is 2. The summed E-state index contributed by atoms with van der Waals surface area (Å²) in [5.74, 6) is -2.23. The Bertz CT molecular complexity index is 868. The summed E-state index contributed by atoms with van der Waals surface area (Å²) in [6, 6.07) is 7.23. The fourth-order valence-electron chi connectivity index (χ4n) is 3.97. The van der Waals surface area contributed by atoms with E-state index in [2.05, 4.69) is 11.9 Å². The Labute approximate surface area is 180 Å². The molecule has 2 saturated heterocycles. The number of halogens is 3. The first-order chi connectivity index (χ1) is 14.3. The molecular formula is C20H29F3N2O5S. The molecule has 2 aliphatic heterocycles. The van der Waals surface area contributed by atoms with E-state index < -0.39 is 22.2 Å². The van der Waals surface area contributed by atoms with Crippen LogP contribution in [0.2, 0.25) is 0 Å². The van der Waals surface area contributed by atoms with Crippen LogP contribution in [-0.2, 0) is 19.6 Å². The van der Waals surface area contributed by atoms with Crippen LogP contribution < -0.4 is 0 Å². The first-order valence-corrected chi connectivity index (χ1v) is 11.4. The maximum atomic E-state index is 12.9. The van der Waals surface area contributed by atoms with Gasteiger partial charge in [-0.3, -0.25) is 4.90 Å². The van der Waals surface area contributed by atoms with Crippen molar-refractivity contribution in [3.8, 4) is 0 Å². The molecule has 11 heteroatoms. The standard InChI is InChI=1S/C18H28N2O3S.C2HF3O2/c1-4-23-12-16-9-10-19(3)18(11-16)13-20(14-18)24(21,22)17-8-6-5-7-15(17)2;3-2(4,5)1(6)7/h5-8,16H,4,9-14H2,1-3H3;(H,6,7). The molecule has 0 aromatic heterocycles. The van der Waals surface area contributed by atoms with Crippen molar-refractivity contribution < 1.29 is 36.2 Å². The highest BCUT2D eigenvalue weighted by molar-refractivity contribution is 7.89. The Kier molecular flexibility index (Phi) is 8.12. The lowest BCUT2D eigenvalue weighted by Gasteiger charge is -2.57. The number of likely N-dealkylation sites (tertiary alicyclic amines) is 1. The maximum Gasteiger partial charge on any atom is 0.490 e. The van der Waals surface area contributed by atoms with Crippen molar-refractivity contribution in [2.24, 2.45) is 5.92 Å². The van der Waals surface area contributed by atoms with Crippen molar-refractivity contribution in [3.05, 3.63) is 29.8 Å². The van der Waals surface area contributed by atoms with Crippen molar-refractivity contribution in [1.29, 1.82) is 0 Å². The smallest absolute Gasteiger partial charge is 0.475 e. The van der Waals surface area contributed by atoms with Crippen LogP contribution in [0.4, 0.5) is 13.2 Å². The molecule has 0 amide bonds. The van der Waals surface area contributed by atoms with Gasteiger partial charge in [0.25, 0.3) is 0 Å². The Balaban J connectivity index is 0.000000423. The van der Waals surface area contributed by atoms with E-state index in [1.165, 1.54) is 0 Å². The molecule has 1 N–H and O–H groups in total. The lowest BCUT2D eigenvalue weighted by atomic mass is 9.77. The summed E-state index contributed by atoms with van der Waals surface area (Å²) in [6.07, 6.45) is -2.94. The van der Waals surface area contributed by atoms with Crippen LogP contribution in [0.15, 0.2) is 29.2 Å². The van der Waals surface area contributed by atoms with E-state index in [1.807, 2.05) is 26.0 Å². The molecule has 1 spiro atoms. The van der Waals surface area contributed by atoms with Gasteiger partial charge in [-0.2, -0.15) is 17.5 Å². The van der Waals surface area contributed by atoms with E-state index in [0.717, 1.165) is 38.2 Å². The number of carbonyl (C=O) groups is 1. The van der Waals surface area contributed by atoms with Crippen LogP contribution in [0.3, 0.4) is 0 Å². The van der Waals surface area contributed by atoms with Crippen LogP contribution >= 0.6 is 0 Å². The van der Waals surface area contributed by atoms with Gasteiger partial charge in [0, 0.05) is 31.8 Å². The predicted molar refractivity (Wildman–Crippen MR) is 108 cm³/mol. The third-order valence-electron chi connectivity index (χ3n) is 5.80. The third-order valence-corrected chi connectivity index (χ3v) is 7.76. The van der Waals surface area contributed by atoms with E-state index in [0.29, 0.717) is 23.9 Å². The number of hydrogen-bond acceptors (Lipinski definition) is 5. The Morgan fingerprint density at radius 1 is 1.29 bits per heavy atom. The molecule has 1 unspecified atom stereocenters. The van der Waals surface area contributed by atoms with Crippen LogP contribution in [-0.4, -0.2) is 80.3 Å². The topological polar surface area (TPSA) is 87.2 Å². The quantitative estimate of drug-likeness (QED) is 0.718. The number of carboxylic acid groups (broad SMARTS) is 1. The summed E-state index contributed by atoms with van der Waals surface area (Å²) in [7, 11) is -1.27. The number of benzene rings is 1. The highest BCUT2D eigenvalue weighted by Crippen LogP contribution is 2.41. The van der Waals surface area contributed by atoms with Crippen LogP contribution in [0.1, 0.15) is 25.3 Å². The third kappa shape index (κ3) is 5.97. The van der Waals surface area contributed by atoms with Gasteiger partial charge in [0.05, 0.1) is 4.90 Å². The largest absolute Gasteiger partial charge is 0.490 e. The monoisotopic (exact) mass is 466 g/mol. The number of alkyl halides is 3. The van der Waals surface area contributed by atoms with E-state index >= 15 is 0 Å². The molecule has 7 nitrogen and oxygen atoms in total. The SMILES string of the molecule is CCOCC1CCN(C)C2(C1)CN(S(=O)(=O)c1ccccc1C)C2.O=C(O)C(F)(F)F. The van der Waals surface area contributed by atoms with Gasteiger partial charge in [0.2, 0.25) is 10.0 Å². The van der Waals surface area contributed by atoms with Crippen LogP contribution in [0, 0.1) is 12.8 Å². The average molecular weight is 467 g/mol. The van der Waals surface area contributed by atoms with Gasteiger partial charge in [0.1, 0.15) is 0 Å². The summed E-state index contributed by atoms with van der Waals surface area (Å²) < 4.78 is 64.8. The number of hydrogen-bond donors (Lipinski definition) is 1. The number of ether oxygens (including phenoxy) is 1. The normalized spacial score (nSPS) is 21.8. The molecule has 3 rings (SSSR count). The lowest BCUT2D eigenvalue weighted by molar-refractivity contribution is -0.192. The van der Waals surface area contributed by atoms with Crippen molar-refractivity contribution in [2.45, 2.75) is 43.3 Å².